The molecule has 19 heavy (non-hydrogen) atoms. The second-order valence-electron chi connectivity index (χ2n) is 6.24. The van der Waals surface area contributed by atoms with Crippen molar-refractivity contribution in [3.8, 4) is 0 Å². The van der Waals surface area contributed by atoms with Crippen LogP contribution in [-0.4, -0.2) is 19.4 Å². The Bertz CT molecular complexity index is 356. The number of rotatable bonds is 9. The molecule has 0 aliphatic heterocycles. The molecular weight excluding hydrogens is 234 g/mol. The fourth-order valence-corrected chi connectivity index (χ4v) is 3.11. The lowest BCUT2D eigenvalue weighted by molar-refractivity contribution is -0.112. The molecular formula is C17H29NO. The van der Waals surface area contributed by atoms with Crippen molar-refractivity contribution >= 4 is 6.29 Å². The summed E-state index contributed by atoms with van der Waals surface area (Å²) in [6.45, 7) is 12.7. The summed E-state index contributed by atoms with van der Waals surface area (Å²) < 4.78 is 0. The summed E-state index contributed by atoms with van der Waals surface area (Å²) in [5.41, 5.74) is 2.55. The topological polar surface area (TPSA) is 29.1 Å². The standard InChI is InChI=1S/C17H29NO/c1-7-13(12(4)5)16(10-19)14-9-15(14)17(18-6)8-11(2)3/h9-11,13-14,16-18H,4,7-8H2,1-3,5-6H3. The third-order valence-electron chi connectivity index (χ3n) is 4.21. The van der Waals surface area contributed by atoms with Crippen LogP contribution < -0.4 is 5.32 Å². The van der Waals surface area contributed by atoms with Crippen LogP contribution in [0.25, 0.3) is 0 Å². The molecule has 0 spiro atoms. The van der Waals surface area contributed by atoms with Gasteiger partial charge in [0.15, 0.2) is 0 Å². The first kappa shape index (κ1) is 16.2. The fraction of sp³-hybridized carbons (Fsp3) is 0.706. The summed E-state index contributed by atoms with van der Waals surface area (Å²) in [5, 5.41) is 3.38. The van der Waals surface area contributed by atoms with E-state index in [1.165, 1.54) is 5.57 Å². The molecule has 0 saturated carbocycles. The van der Waals surface area contributed by atoms with Gasteiger partial charge in [0.05, 0.1) is 0 Å². The summed E-state index contributed by atoms with van der Waals surface area (Å²) in [5.74, 6) is 1.42. The molecule has 1 aliphatic rings. The zero-order valence-electron chi connectivity index (χ0n) is 13.1. The SMILES string of the molecule is C=C(C)C(CC)C(C=O)C1C=C1C(CC(C)C)NC. The number of carbonyl (C=O) groups excluding carboxylic acids is 1. The van der Waals surface area contributed by atoms with Gasteiger partial charge >= 0.3 is 0 Å². The molecule has 0 fully saturated rings. The van der Waals surface area contributed by atoms with Crippen molar-refractivity contribution in [1.29, 1.82) is 0 Å². The van der Waals surface area contributed by atoms with Crippen LogP contribution in [0.3, 0.4) is 0 Å². The van der Waals surface area contributed by atoms with Gasteiger partial charge in [-0.05, 0) is 44.2 Å². The maximum Gasteiger partial charge on any atom is 0.124 e. The second-order valence-corrected chi connectivity index (χ2v) is 6.24. The number of nitrogens with one attached hydrogen (secondary N) is 1. The van der Waals surface area contributed by atoms with E-state index in [1.54, 1.807) is 0 Å². The van der Waals surface area contributed by atoms with Gasteiger partial charge in [0, 0.05) is 17.9 Å². The quantitative estimate of drug-likeness (QED) is 0.509. The van der Waals surface area contributed by atoms with Gasteiger partial charge in [-0.2, -0.15) is 0 Å². The molecule has 0 radical (unpaired) electrons. The van der Waals surface area contributed by atoms with E-state index in [1.807, 2.05) is 14.0 Å². The fourth-order valence-electron chi connectivity index (χ4n) is 3.11. The van der Waals surface area contributed by atoms with E-state index in [-0.39, 0.29) is 5.92 Å². The summed E-state index contributed by atoms with van der Waals surface area (Å²) in [6, 6.07) is 0.426. The predicted molar refractivity (Wildman–Crippen MR) is 82.0 cm³/mol. The first-order chi connectivity index (χ1) is 8.96. The Balaban J connectivity index is 2.68. The third kappa shape index (κ3) is 4.04. The van der Waals surface area contributed by atoms with Crippen molar-refractivity contribution in [1.82, 2.24) is 5.32 Å². The summed E-state index contributed by atoms with van der Waals surface area (Å²) in [4.78, 5) is 11.5. The van der Waals surface area contributed by atoms with Crippen LogP contribution in [0.2, 0.25) is 0 Å². The van der Waals surface area contributed by atoms with E-state index in [2.05, 4.69) is 38.7 Å². The number of carbonyl (C=O) groups is 1. The molecule has 4 atom stereocenters. The summed E-state index contributed by atoms with van der Waals surface area (Å²) in [7, 11) is 2.01. The Morgan fingerprint density at radius 3 is 2.53 bits per heavy atom. The Labute approximate surface area is 118 Å². The zero-order chi connectivity index (χ0) is 14.6. The highest BCUT2D eigenvalue weighted by molar-refractivity contribution is 5.60. The van der Waals surface area contributed by atoms with Crippen LogP contribution in [0.1, 0.15) is 40.5 Å². The Morgan fingerprint density at radius 2 is 2.16 bits per heavy atom. The van der Waals surface area contributed by atoms with Crippen LogP contribution in [0.5, 0.6) is 0 Å². The number of hydrogen-bond acceptors (Lipinski definition) is 2. The van der Waals surface area contributed by atoms with E-state index in [4.69, 9.17) is 0 Å². The third-order valence-corrected chi connectivity index (χ3v) is 4.21. The lowest BCUT2D eigenvalue weighted by atomic mass is 9.80. The van der Waals surface area contributed by atoms with Crippen LogP contribution in [0, 0.1) is 23.7 Å². The second kappa shape index (κ2) is 7.04. The molecule has 0 aromatic heterocycles. The van der Waals surface area contributed by atoms with Gasteiger partial charge in [0.2, 0.25) is 0 Å². The van der Waals surface area contributed by atoms with E-state index in [0.717, 1.165) is 24.7 Å². The molecule has 0 heterocycles. The molecule has 2 heteroatoms. The van der Waals surface area contributed by atoms with Crippen molar-refractivity contribution in [3.05, 3.63) is 23.8 Å². The van der Waals surface area contributed by atoms with E-state index >= 15 is 0 Å². The molecule has 1 N–H and O–H groups in total. The average molecular weight is 263 g/mol. The molecule has 0 amide bonds. The zero-order valence-corrected chi connectivity index (χ0v) is 13.1. The van der Waals surface area contributed by atoms with Crippen molar-refractivity contribution in [3.63, 3.8) is 0 Å². The summed E-state index contributed by atoms with van der Waals surface area (Å²) in [6.07, 6.45) is 5.53. The molecule has 0 bridgehead atoms. The van der Waals surface area contributed by atoms with Gasteiger partial charge in [0.25, 0.3) is 0 Å². The van der Waals surface area contributed by atoms with Gasteiger partial charge in [-0.15, -0.1) is 0 Å². The predicted octanol–water partition coefficient (Wildman–Crippen LogP) is 3.59. The van der Waals surface area contributed by atoms with Crippen molar-refractivity contribution in [2.75, 3.05) is 7.05 Å². The van der Waals surface area contributed by atoms with Gasteiger partial charge in [-0.1, -0.05) is 39.0 Å². The van der Waals surface area contributed by atoms with Crippen LogP contribution in [-0.2, 0) is 4.79 Å². The molecule has 1 rings (SSSR count). The van der Waals surface area contributed by atoms with Gasteiger partial charge in [-0.3, -0.25) is 0 Å². The molecule has 1 aliphatic carbocycles. The lowest BCUT2D eigenvalue weighted by Gasteiger charge is -2.24. The first-order valence-corrected chi connectivity index (χ1v) is 7.45. The van der Waals surface area contributed by atoms with Gasteiger partial charge in [-0.25, -0.2) is 0 Å². The summed E-state index contributed by atoms with van der Waals surface area (Å²) >= 11 is 0. The van der Waals surface area contributed by atoms with Crippen molar-refractivity contribution in [2.24, 2.45) is 23.7 Å². The highest BCUT2D eigenvalue weighted by Crippen LogP contribution is 2.44. The number of allylic oxidation sites excluding steroid dienone is 2. The Kier molecular flexibility index (Phi) is 5.99. The first-order valence-electron chi connectivity index (χ1n) is 7.45. The van der Waals surface area contributed by atoms with Crippen molar-refractivity contribution in [2.45, 2.75) is 46.6 Å². The molecule has 2 nitrogen and oxygen atoms in total. The Morgan fingerprint density at radius 1 is 1.53 bits per heavy atom. The Hall–Kier alpha value is -0.890. The number of aldehydes is 1. The minimum absolute atomic E-state index is 0.0838. The number of likely N-dealkylation sites (N-methyl/N-ethyl adjacent to an activating group) is 1. The molecule has 0 aromatic carbocycles. The average Bonchev–Trinajstić information content (AvgIpc) is 3.11. The maximum absolute atomic E-state index is 11.5. The normalized spacial score (nSPS) is 22.6. The van der Waals surface area contributed by atoms with E-state index in [0.29, 0.717) is 23.8 Å². The minimum Gasteiger partial charge on any atom is -0.313 e. The highest BCUT2D eigenvalue weighted by atomic mass is 16.1. The molecule has 4 unspecified atom stereocenters. The van der Waals surface area contributed by atoms with E-state index in [9.17, 15) is 4.79 Å². The molecule has 0 aromatic rings. The maximum atomic E-state index is 11.5. The van der Waals surface area contributed by atoms with Crippen LogP contribution in [0.4, 0.5) is 0 Å². The van der Waals surface area contributed by atoms with Gasteiger partial charge in [0.1, 0.15) is 6.29 Å². The van der Waals surface area contributed by atoms with Crippen molar-refractivity contribution < 1.29 is 4.79 Å². The smallest absolute Gasteiger partial charge is 0.124 e. The molecule has 0 saturated heterocycles. The minimum atomic E-state index is 0.0838. The van der Waals surface area contributed by atoms with Gasteiger partial charge < -0.3 is 10.1 Å². The largest absolute Gasteiger partial charge is 0.313 e. The van der Waals surface area contributed by atoms with E-state index < -0.39 is 0 Å². The van der Waals surface area contributed by atoms with Crippen LogP contribution in [0.15, 0.2) is 23.8 Å². The lowest BCUT2D eigenvalue weighted by Crippen LogP contribution is -2.29. The number of hydrogen-bond donors (Lipinski definition) is 1. The monoisotopic (exact) mass is 263 g/mol. The highest BCUT2D eigenvalue weighted by Gasteiger charge is 2.40. The van der Waals surface area contributed by atoms with Crippen LogP contribution >= 0.6 is 0 Å². The molecule has 108 valence electrons.